The second-order valence-electron chi connectivity index (χ2n) is 5.12. The van der Waals surface area contributed by atoms with Gasteiger partial charge in [0, 0.05) is 18.3 Å². The highest BCUT2D eigenvalue weighted by Crippen LogP contribution is 2.23. The lowest BCUT2D eigenvalue weighted by atomic mass is 10.0. The molecule has 8 heteroatoms. The number of hydrogen-bond acceptors (Lipinski definition) is 5. The maximum Gasteiger partial charge on any atom is 0.272 e. The third-order valence-corrected chi connectivity index (χ3v) is 3.44. The molecule has 1 amide bonds. The summed E-state index contributed by atoms with van der Waals surface area (Å²) in [5, 5.41) is 11.0. The van der Waals surface area contributed by atoms with Crippen molar-refractivity contribution >= 4 is 6.09 Å². The van der Waals surface area contributed by atoms with Crippen LogP contribution in [0, 0.1) is 0 Å². The zero-order chi connectivity index (χ0) is 16.1. The fourth-order valence-electron chi connectivity index (χ4n) is 2.30. The van der Waals surface area contributed by atoms with Crippen LogP contribution in [0.15, 0.2) is 18.3 Å². The third-order valence-electron chi connectivity index (χ3n) is 3.44. The molecule has 6 nitrogen and oxygen atoms in total. The van der Waals surface area contributed by atoms with E-state index in [0.717, 1.165) is 0 Å². The van der Waals surface area contributed by atoms with Crippen LogP contribution in [0.4, 0.5) is 13.6 Å². The van der Waals surface area contributed by atoms with Gasteiger partial charge in [-0.2, -0.15) is 0 Å². The van der Waals surface area contributed by atoms with E-state index in [1.54, 1.807) is 0 Å². The summed E-state index contributed by atoms with van der Waals surface area (Å²) in [6, 6.07) is 2.74. The Morgan fingerprint density at radius 3 is 3.00 bits per heavy atom. The van der Waals surface area contributed by atoms with Crippen LogP contribution >= 0.6 is 0 Å². The van der Waals surface area contributed by atoms with E-state index in [-0.39, 0.29) is 30.3 Å². The van der Waals surface area contributed by atoms with Crippen LogP contribution in [-0.4, -0.2) is 47.7 Å². The molecule has 0 saturated carbocycles. The van der Waals surface area contributed by atoms with E-state index in [9.17, 15) is 18.7 Å². The number of nitrogens with zero attached hydrogens (tertiary/aromatic N) is 2. The molecule has 0 radical (unpaired) electrons. The van der Waals surface area contributed by atoms with Crippen LogP contribution in [0.25, 0.3) is 0 Å². The Bertz CT molecular complexity index is 515. The lowest BCUT2D eigenvalue weighted by Crippen LogP contribution is -2.53. The first-order valence-electron chi connectivity index (χ1n) is 6.97. The van der Waals surface area contributed by atoms with Crippen molar-refractivity contribution in [3.8, 4) is 11.6 Å². The third kappa shape index (κ3) is 4.44. The molecule has 1 aliphatic rings. The zero-order valence-corrected chi connectivity index (χ0v) is 12.1. The van der Waals surface area contributed by atoms with Crippen molar-refractivity contribution in [2.45, 2.75) is 38.3 Å². The van der Waals surface area contributed by atoms with Crippen molar-refractivity contribution < 1.29 is 28.2 Å². The van der Waals surface area contributed by atoms with Crippen LogP contribution in [-0.2, 0) is 0 Å². The van der Waals surface area contributed by atoms with Crippen LogP contribution < -0.4 is 14.6 Å². The molecule has 1 aromatic rings. The van der Waals surface area contributed by atoms with Gasteiger partial charge in [-0.25, -0.2) is 13.8 Å². The average Bonchev–Trinajstić information content (AvgIpc) is 2.47. The molecular formula is C14H17F2N2O4-. The lowest BCUT2D eigenvalue weighted by Gasteiger charge is -2.39. The Labute approximate surface area is 126 Å². The summed E-state index contributed by atoms with van der Waals surface area (Å²) in [6.45, 7) is 1.29. The fourth-order valence-corrected chi connectivity index (χ4v) is 2.30. The quantitative estimate of drug-likeness (QED) is 0.819. The molecule has 2 rings (SSSR count). The summed E-state index contributed by atoms with van der Waals surface area (Å²) >= 11 is 0. The fraction of sp³-hybridized carbons (Fsp3) is 0.571. The van der Waals surface area contributed by atoms with E-state index in [2.05, 4.69) is 4.98 Å². The maximum absolute atomic E-state index is 12.1. The Balaban J connectivity index is 1.95. The predicted octanol–water partition coefficient (Wildman–Crippen LogP) is 1.30. The molecule has 1 saturated heterocycles. The van der Waals surface area contributed by atoms with Crippen molar-refractivity contribution in [2.75, 3.05) is 13.2 Å². The van der Waals surface area contributed by atoms with Gasteiger partial charge < -0.3 is 24.3 Å². The number of ether oxygens (including phenoxy) is 2. The van der Waals surface area contributed by atoms with Crippen molar-refractivity contribution in [3.05, 3.63) is 18.3 Å². The van der Waals surface area contributed by atoms with E-state index in [1.165, 1.54) is 23.2 Å². The summed E-state index contributed by atoms with van der Waals surface area (Å²) in [7, 11) is 0. The highest BCUT2D eigenvalue weighted by molar-refractivity contribution is 5.63. The number of aromatic nitrogens is 1. The highest BCUT2D eigenvalue weighted by Gasteiger charge is 2.26. The van der Waals surface area contributed by atoms with Gasteiger partial charge >= 0.3 is 0 Å². The van der Waals surface area contributed by atoms with Gasteiger partial charge in [0.15, 0.2) is 0 Å². The monoisotopic (exact) mass is 315 g/mol. The van der Waals surface area contributed by atoms with E-state index >= 15 is 0 Å². The van der Waals surface area contributed by atoms with Gasteiger partial charge in [0.25, 0.3) is 6.43 Å². The Kier molecular flexibility index (Phi) is 5.35. The molecule has 0 aromatic carbocycles. The smallest absolute Gasteiger partial charge is 0.272 e. The molecule has 1 aromatic heterocycles. The molecule has 1 fully saturated rings. The average molecular weight is 315 g/mol. The molecule has 0 aliphatic carbocycles. The summed E-state index contributed by atoms with van der Waals surface area (Å²) in [4.78, 5) is 16.2. The molecule has 122 valence electrons. The maximum atomic E-state index is 12.1. The van der Waals surface area contributed by atoms with Crippen molar-refractivity contribution in [1.82, 2.24) is 9.88 Å². The number of hydrogen-bond donors (Lipinski definition) is 0. The molecule has 2 heterocycles. The minimum Gasteiger partial charge on any atom is -0.530 e. The van der Waals surface area contributed by atoms with Gasteiger partial charge in [0.2, 0.25) is 5.88 Å². The van der Waals surface area contributed by atoms with Crippen molar-refractivity contribution in [3.63, 3.8) is 0 Å². The molecule has 0 N–H and O–H groups in total. The number of amides is 1. The molecule has 2 atom stereocenters. The number of pyridine rings is 1. The number of likely N-dealkylation sites (tertiary alicyclic amines) is 1. The van der Waals surface area contributed by atoms with Gasteiger partial charge in [-0.1, -0.05) is 0 Å². The highest BCUT2D eigenvalue weighted by atomic mass is 19.3. The van der Waals surface area contributed by atoms with Gasteiger partial charge in [0.1, 0.15) is 24.6 Å². The molecule has 0 bridgehead atoms. The Morgan fingerprint density at radius 1 is 1.55 bits per heavy atom. The summed E-state index contributed by atoms with van der Waals surface area (Å²) in [6.07, 6.45) is -1.43. The minimum atomic E-state index is -2.56. The van der Waals surface area contributed by atoms with Gasteiger partial charge in [-0.3, -0.25) is 0 Å². The first-order chi connectivity index (χ1) is 10.5. The van der Waals surface area contributed by atoms with Crippen LogP contribution in [0.5, 0.6) is 11.6 Å². The number of piperidine rings is 1. The van der Waals surface area contributed by atoms with Gasteiger partial charge in [-0.05, 0) is 25.8 Å². The van der Waals surface area contributed by atoms with Crippen molar-refractivity contribution in [1.29, 1.82) is 0 Å². The predicted molar refractivity (Wildman–Crippen MR) is 71.0 cm³/mol. The van der Waals surface area contributed by atoms with Crippen molar-refractivity contribution in [2.24, 2.45) is 0 Å². The Morgan fingerprint density at radius 2 is 2.32 bits per heavy atom. The molecule has 22 heavy (non-hydrogen) atoms. The van der Waals surface area contributed by atoms with Crippen LogP contribution in [0.1, 0.15) is 19.8 Å². The topological polar surface area (TPSA) is 74.7 Å². The number of alkyl halides is 2. The number of halogens is 2. The van der Waals surface area contributed by atoms with Crippen LogP contribution in [0.3, 0.4) is 0 Å². The minimum absolute atomic E-state index is 0.112. The SMILES string of the molecule is CC1CCC(Oc2cc(OCC(F)F)ccn2)CN1C(=O)[O-]. The van der Waals surface area contributed by atoms with E-state index in [1.807, 2.05) is 6.92 Å². The Hall–Kier alpha value is -2.12. The first-order valence-corrected chi connectivity index (χ1v) is 6.97. The molecular weight excluding hydrogens is 298 g/mol. The number of carboxylic acid groups (broad SMARTS) is 1. The van der Waals surface area contributed by atoms with Crippen LogP contribution in [0.2, 0.25) is 0 Å². The second-order valence-corrected chi connectivity index (χ2v) is 5.12. The summed E-state index contributed by atoms with van der Waals surface area (Å²) in [5.74, 6) is 0.441. The van der Waals surface area contributed by atoms with E-state index in [4.69, 9.17) is 9.47 Å². The molecule has 2 unspecified atom stereocenters. The number of rotatable bonds is 5. The second kappa shape index (κ2) is 7.24. The standard InChI is InChI=1S/C14H18F2N2O4/c1-9-2-3-11(7-18(9)14(19)20)22-13-6-10(4-5-17-13)21-8-12(15)16/h4-6,9,11-12H,2-3,7-8H2,1H3,(H,19,20)/p-1. The molecule has 1 aliphatic heterocycles. The molecule has 0 spiro atoms. The zero-order valence-electron chi connectivity index (χ0n) is 12.1. The summed E-state index contributed by atoms with van der Waals surface area (Å²) < 4.78 is 34.7. The van der Waals surface area contributed by atoms with Gasteiger partial charge in [0.05, 0.1) is 6.54 Å². The van der Waals surface area contributed by atoms with E-state index in [0.29, 0.717) is 12.8 Å². The normalized spacial score (nSPS) is 21.7. The van der Waals surface area contributed by atoms with E-state index < -0.39 is 19.1 Å². The lowest BCUT2D eigenvalue weighted by molar-refractivity contribution is -0.270. The number of carbonyl (C=O) groups excluding carboxylic acids is 1. The number of carbonyl (C=O) groups is 1. The summed E-state index contributed by atoms with van der Waals surface area (Å²) in [5.41, 5.74) is 0. The first kappa shape index (κ1) is 16.3. The van der Waals surface area contributed by atoms with Gasteiger partial charge in [-0.15, -0.1) is 0 Å². The largest absolute Gasteiger partial charge is 0.530 e.